The summed E-state index contributed by atoms with van der Waals surface area (Å²) in [6, 6.07) is 28.5. The summed E-state index contributed by atoms with van der Waals surface area (Å²) in [5.74, 6) is 0. The maximum Gasteiger partial charge on any atom is 0.325 e. The van der Waals surface area contributed by atoms with E-state index >= 15 is 0 Å². The lowest BCUT2D eigenvalue weighted by Gasteiger charge is -2.25. The predicted octanol–water partition coefficient (Wildman–Crippen LogP) is 5.27. The van der Waals surface area contributed by atoms with Gasteiger partial charge in [0.05, 0.1) is 6.16 Å². The van der Waals surface area contributed by atoms with Crippen LogP contribution in [0.4, 0.5) is 17.1 Å². The molecule has 0 radical (unpaired) electrons. The van der Waals surface area contributed by atoms with Crippen molar-refractivity contribution in [1.29, 1.82) is 0 Å². The second-order valence-electron chi connectivity index (χ2n) is 6.16. The molecule has 2 N–H and O–H groups in total. The van der Waals surface area contributed by atoms with E-state index in [-0.39, 0.29) is 6.16 Å². The molecular weight excluding hydrogens is 345 g/mol. The molecule has 0 atom stereocenters. The first-order valence-corrected chi connectivity index (χ1v) is 10.4. The number of para-hydroxylation sites is 2. The van der Waals surface area contributed by atoms with Crippen LogP contribution < -0.4 is 4.90 Å². The highest BCUT2D eigenvalue weighted by molar-refractivity contribution is 7.51. The lowest BCUT2D eigenvalue weighted by molar-refractivity contribution is 0.371. The molecule has 0 aliphatic rings. The first kappa shape index (κ1) is 18.4. The van der Waals surface area contributed by atoms with Crippen LogP contribution in [0.15, 0.2) is 84.9 Å². The molecule has 0 amide bonds. The Morgan fingerprint density at radius 2 is 1.15 bits per heavy atom. The van der Waals surface area contributed by atoms with Crippen molar-refractivity contribution in [3.8, 4) is 0 Å². The van der Waals surface area contributed by atoms with Gasteiger partial charge in [-0.2, -0.15) is 0 Å². The Labute approximate surface area is 153 Å². The minimum absolute atomic E-state index is 0.0745. The molecule has 0 aliphatic carbocycles. The van der Waals surface area contributed by atoms with Crippen molar-refractivity contribution in [2.75, 3.05) is 11.1 Å². The predicted molar refractivity (Wildman–Crippen MR) is 106 cm³/mol. The second-order valence-corrected chi connectivity index (χ2v) is 7.94. The zero-order valence-corrected chi connectivity index (χ0v) is 15.3. The molecule has 3 rings (SSSR count). The standard InChI is InChI=1S/C21H22NO3P/c23-26(24,25)17-7-8-18-13-15-21(16-14-18)22(19-9-3-1-4-10-19)20-11-5-2-6-12-20/h1-6,9-16H,7-8,17H2,(H2,23,24,25). The Morgan fingerprint density at radius 1 is 0.692 bits per heavy atom. The molecule has 3 aromatic rings. The lowest BCUT2D eigenvalue weighted by atomic mass is 10.1. The molecule has 3 aromatic carbocycles. The summed E-state index contributed by atoms with van der Waals surface area (Å²) in [5.41, 5.74) is 4.27. The number of hydrogen-bond donors (Lipinski definition) is 2. The van der Waals surface area contributed by atoms with Gasteiger partial charge in [-0.3, -0.25) is 4.57 Å². The van der Waals surface area contributed by atoms with Crippen LogP contribution in [0.1, 0.15) is 12.0 Å². The summed E-state index contributed by atoms with van der Waals surface area (Å²) in [6.45, 7) is 0. The van der Waals surface area contributed by atoms with Crippen molar-refractivity contribution in [3.63, 3.8) is 0 Å². The fourth-order valence-electron chi connectivity index (χ4n) is 2.90. The monoisotopic (exact) mass is 367 g/mol. The van der Waals surface area contributed by atoms with Gasteiger partial charge in [-0.1, -0.05) is 48.5 Å². The van der Waals surface area contributed by atoms with Gasteiger partial charge < -0.3 is 14.7 Å². The van der Waals surface area contributed by atoms with E-state index in [4.69, 9.17) is 9.79 Å². The third-order valence-corrected chi connectivity index (χ3v) is 5.04. The first-order valence-electron chi connectivity index (χ1n) is 8.57. The van der Waals surface area contributed by atoms with Crippen LogP contribution in [-0.4, -0.2) is 15.9 Å². The van der Waals surface area contributed by atoms with E-state index < -0.39 is 7.60 Å². The van der Waals surface area contributed by atoms with E-state index in [9.17, 15) is 4.57 Å². The van der Waals surface area contributed by atoms with Gasteiger partial charge in [-0.25, -0.2) is 0 Å². The van der Waals surface area contributed by atoms with Gasteiger partial charge >= 0.3 is 7.60 Å². The molecular formula is C21H22NO3P. The molecule has 0 aliphatic heterocycles. The van der Waals surface area contributed by atoms with Crippen molar-refractivity contribution in [2.24, 2.45) is 0 Å². The van der Waals surface area contributed by atoms with E-state index in [2.05, 4.69) is 29.2 Å². The highest BCUT2D eigenvalue weighted by Gasteiger charge is 2.13. The summed E-state index contributed by atoms with van der Waals surface area (Å²) in [4.78, 5) is 20.1. The fourth-order valence-corrected chi connectivity index (χ4v) is 3.47. The van der Waals surface area contributed by atoms with Crippen LogP contribution >= 0.6 is 7.60 Å². The van der Waals surface area contributed by atoms with Gasteiger partial charge in [-0.15, -0.1) is 0 Å². The van der Waals surface area contributed by atoms with E-state index in [1.807, 2.05) is 60.7 Å². The largest absolute Gasteiger partial charge is 0.325 e. The van der Waals surface area contributed by atoms with Crippen LogP contribution in [0.25, 0.3) is 0 Å². The molecule has 134 valence electrons. The molecule has 0 heterocycles. The fraction of sp³-hybridized carbons (Fsp3) is 0.143. The Morgan fingerprint density at radius 3 is 1.62 bits per heavy atom. The number of hydrogen-bond acceptors (Lipinski definition) is 2. The Bertz CT molecular complexity index is 821. The smallest absolute Gasteiger partial charge is 0.324 e. The van der Waals surface area contributed by atoms with Crippen molar-refractivity contribution >= 4 is 24.7 Å². The number of nitrogens with zero attached hydrogens (tertiary/aromatic N) is 1. The SMILES string of the molecule is O=P(O)(O)CCCc1ccc(N(c2ccccc2)c2ccccc2)cc1. The minimum atomic E-state index is -3.92. The lowest BCUT2D eigenvalue weighted by Crippen LogP contribution is -2.09. The van der Waals surface area contributed by atoms with Crippen LogP contribution in [0.3, 0.4) is 0 Å². The topological polar surface area (TPSA) is 60.8 Å². The summed E-state index contributed by atoms with van der Waals surface area (Å²) in [5, 5.41) is 0. The van der Waals surface area contributed by atoms with Gasteiger partial charge in [0.15, 0.2) is 0 Å². The van der Waals surface area contributed by atoms with E-state index in [1.165, 1.54) is 0 Å². The Kier molecular flexibility index (Phi) is 5.89. The van der Waals surface area contributed by atoms with E-state index in [0.717, 1.165) is 22.6 Å². The number of rotatable bonds is 7. The second kappa shape index (κ2) is 8.33. The van der Waals surface area contributed by atoms with Crippen molar-refractivity contribution in [2.45, 2.75) is 12.8 Å². The average Bonchev–Trinajstić information content (AvgIpc) is 2.64. The average molecular weight is 367 g/mol. The Hall–Kier alpha value is -2.39. The molecule has 0 fully saturated rings. The van der Waals surface area contributed by atoms with Crippen LogP contribution in [0.2, 0.25) is 0 Å². The number of benzene rings is 3. The normalized spacial score (nSPS) is 11.3. The van der Waals surface area contributed by atoms with Gasteiger partial charge in [-0.05, 0) is 54.8 Å². The van der Waals surface area contributed by atoms with Gasteiger partial charge in [0.25, 0.3) is 0 Å². The molecule has 0 saturated carbocycles. The Balaban J connectivity index is 1.83. The third kappa shape index (κ3) is 5.06. The van der Waals surface area contributed by atoms with Crippen LogP contribution in [-0.2, 0) is 11.0 Å². The number of anilines is 3. The van der Waals surface area contributed by atoms with Crippen molar-refractivity contribution in [1.82, 2.24) is 0 Å². The highest BCUT2D eigenvalue weighted by atomic mass is 31.2. The summed E-state index contributed by atoms with van der Waals surface area (Å²) in [6.07, 6.45) is 1.06. The molecule has 4 nitrogen and oxygen atoms in total. The van der Waals surface area contributed by atoms with Crippen molar-refractivity contribution in [3.05, 3.63) is 90.5 Å². The first-order chi connectivity index (χ1) is 12.5. The van der Waals surface area contributed by atoms with Crippen LogP contribution in [0, 0.1) is 0 Å². The van der Waals surface area contributed by atoms with E-state index in [0.29, 0.717) is 12.8 Å². The zero-order chi connectivity index (χ0) is 18.4. The quantitative estimate of drug-likeness (QED) is 0.559. The summed E-state index contributed by atoms with van der Waals surface area (Å²) < 4.78 is 11.0. The molecule has 0 spiro atoms. The highest BCUT2D eigenvalue weighted by Crippen LogP contribution is 2.36. The summed E-state index contributed by atoms with van der Waals surface area (Å²) in [7, 11) is -3.92. The maximum atomic E-state index is 11.0. The molecule has 0 saturated heterocycles. The third-order valence-electron chi connectivity index (χ3n) is 4.14. The molecule has 26 heavy (non-hydrogen) atoms. The van der Waals surface area contributed by atoms with Gasteiger partial charge in [0.2, 0.25) is 0 Å². The molecule has 0 unspecified atom stereocenters. The van der Waals surface area contributed by atoms with Gasteiger partial charge in [0, 0.05) is 17.1 Å². The van der Waals surface area contributed by atoms with Crippen molar-refractivity contribution < 1.29 is 14.4 Å². The number of aryl methyl sites for hydroxylation is 1. The van der Waals surface area contributed by atoms with E-state index in [1.54, 1.807) is 0 Å². The summed E-state index contributed by atoms with van der Waals surface area (Å²) >= 11 is 0. The zero-order valence-electron chi connectivity index (χ0n) is 14.4. The van der Waals surface area contributed by atoms with Gasteiger partial charge in [0.1, 0.15) is 0 Å². The van der Waals surface area contributed by atoms with Crippen LogP contribution in [0.5, 0.6) is 0 Å². The minimum Gasteiger partial charge on any atom is -0.324 e. The molecule has 0 aromatic heterocycles. The maximum absolute atomic E-state index is 11.0. The molecule has 0 bridgehead atoms. The molecule has 5 heteroatoms.